The van der Waals surface area contributed by atoms with E-state index in [-0.39, 0.29) is 13.2 Å². The fourth-order valence-corrected chi connectivity index (χ4v) is 3.20. The largest absolute Gasteiger partial charge is 0.426 e. The summed E-state index contributed by atoms with van der Waals surface area (Å²) >= 11 is 0. The van der Waals surface area contributed by atoms with Crippen molar-refractivity contribution in [2.75, 3.05) is 26.4 Å². The second-order valence-corrected chi connectivity index (χ2v) is 6.33. The average Bonchev–Trinajstić information content (AvgIpc) is 3.06. The molecule has 2 rings (SSSR count). The highest BCUT2D eigenvalue weighted by molar-refractivity contribution is 5.09. The van der Waals surface area contributed by atoms with Crippen LogP contribution in [-0.2, 0) is 9.47 Å². The monoisotopic (exact) mass is 362 g/mol. The summed E-state index contributed by atoms with van der Waals surface area (Å²) in [4.78, 5) is 0. The molecule has 1 fully saturated rings. The fourth-order valence-electron chi connectivity index (χ4n) is 3.20. The van der Waals surface area contributed by atoms with Crippen molar-refractivity contribution in [2.24, 2.45) is 17.8 Å². The standard InChI is InChI=1S/C15H20F6O3/c16-14(17,18)13(22,15(19,20)21)3-4-23-5-6-24-9-12-8-10-1-2-11(12)7-10/h1-2,10-12,22H,3-9H2. The molecule has 2 aliphatic carbocycles. The van der Waals surface area contributed by atoms with E-state index in [1.54, 1.807) is 0 Å². The third kappa shape index (κ3) is 4.23. The van der Waals surface area contributed by atoms with Gasteiger partial charge in [0.05, 0.1) is 26.4 Å². The second kappa shape index (κ2) is 7.21. The Hall–Kier alpha value is -0.800. The Bertz CT molecular complexity index is 431. The van der Waals surface area contributed by atoms with Gasteiger partial charge in [0, 0.05) is 6.42 Å². The number of fused-ring (bicyclic) bond motifs is 2. The van der Waals surface area contributed by atoms with Crippen LogP contribution < -0.4 is 0 Å². The van der Waals surface area contributed by atoms with E-state index in [0.717, 1.165) is 12.8 Å². The highest BCUT2D eigenvalue weighted by atomic mass is 19.4. The summed E-state index contributed by atoms with van der Waals surface area (Å²) in [6, 6.07) is 0. The van der Waals surface area contributed by atoms with Crippen LogP contribution in [0.15, 0.2) is 12.2 Å². The van der Waals surface area contributed by atoms with Gasteiger partial charge >= 0.3 is 12.4 Å². The lowest BCUT2D eigenvalue weighted by atomic mass is 9.95. The van der Waals surface area contributed by atoms with Gasteiger partial charge < -0.3 is 14.6 Å². The minimum atomic E-state index is -5.81. The minimum absolute atomic E-state index is 0.0913. The topological polar surface area (TPSA) is 38.7 Å². The zero-order valence-electron chi connectivity index (χ0n) is 12.9. The molecule has 0 aromatic heterocycles. The van der Waals surface area contributed by atoms with Crippen LogP contribution in [0.5, 0.6) is 0 Å². The quantitative estimate of drug-likeness (QED) is 0.408. The Morgan fingerprint density at radius 2 is 1.50 bits per heavy atom. The normalized spacial score (nSPS) is 27.2. The first-order chi connectivity index (χ1) is 11.0. The molecule has 2 aliphatic rings. The Balaban J connectivity index is 1.61. The summed E-state index contributed by atoms with van der Waals surface area (Å²) in [5.74, 6) is 1.52. The molecule has 2 bridgehead atoms. The highest BCUT2D eigenvalue weighted by Crippen LogP contribution is 2.45. The molecule has 1 N–H and O–H groups in total. The molecule has 0 spiro atoms. The molecule has 0 saturated heterocycles. The van der Waals surface area contributed by atoms with Gasteiger partial charge in [-0.05, 0) is 30.6 Å². The molecule has 0 radical (unpaired) electrons. The van der Waals surface area contributed by atoms with E-state index in [9.17, 15) is 26.3 Å². The van der Waals surface area contributed by atoms with E-state index in [4.69, 9.17) is 14.6 Å². The van der Waals surface area contributed by atoms with Gasteiger partial charge in [-0.2, -0.15) is 26.3 Å². The summed E-state index contributed by atoms with van der Waals surface area (Å²) < 4.78 is 84.6. The number of halogens is 6. The van der Waals surface area contributed by atoms with E-state index in [2.05, 4.69) is 12.2 Å². The van der Waals surface area contributed by atoms with Crippen LogP contribution in [0.2, 0.25) is 0 Å². The number of rotatable bonds is 8. The summed E-state index contributed by atoms with van der Waals surface area (Å²) in [5, 5.41) is 8.92. The number of aliphatic hydroxyl groups is 1. The molecule has 24 heavy (non-hydrogen) atoms. The zero-order valence-corrected chi connectivity index (χ0v) is 12.9. The summed E-state index contributed by atoms with van der Waals surface area (Å²) in [7, 11) is 0. The van der Waals surface area contributed by atoms with Gasteiger partial charge in [0.1, 0.15) is 0 Å². The Morgan fingerprint density at radius 1 is 0.875 bits per heavy atom. The Kier molecular flexibility index (Phi) is 5.87. The maximum Gasteiger partial charge on any atom is 0.426 e. The maximum absolute atomic E-state index is 12.4. The van der Waals surface area contributed by atoms with Crippen LogP contribution in [0.4, 0.5) is 26.3 Å². The van der Waals surface area contributed by atoms with Gasteiger partial charge in [-0.25, -0.2) is 0 Å². The van der Waals surface area contributed by atoms with Crippen molar-refractivity contribution in [1.29, 1.82) is 0 Å². The number of alkyl halides is 6. The van der Waals surface area contributed by atoms with Gasteiger partial charge in [-0.1, -0.05) is 12.2 Å². The number of allylic oxidation sites excluding steroid dienone is 2. The lowest BCUT2D eigenvalue weighted by Gasteiger charge is -2.32. The predicted molar refractivity (Wildman–Crippen MR) is 72.2 cm³/mol. The van der Waals surface area contributed by atoms with Crippen molar-refractivity contribution >= 4 is 0 Å². The molecule has 0 amide bonds. The van der Waals surface area contributed by atoms with E-state index in [0.29, 0.717) is 24.4 Å². The van der Waals surface area contributed by atoms with Crippen molar-refractivity contribution in [3.8, 4) is 0 Å². The van der Waals surface area contributed by atoms with Gasteiger partial charge in [0.2, 0.25) is 0 Å². The molecule has 0 heterocycles. The Morgan fingerprint density at radius 3 is 2.00 bits per heavy atom. The summed E-state index contributed by atoms with van der Waals surface area (Å²) in [6.45, 7) is -0.393. The minimum Gasteiger partial charge on any atom is -0.379 e. The fraction of sp³-hybridized carbons (Fsp3) is 0.867. The van der Waals surface area contributed by atoms with Gasteiger partial charge in [-0.15, -0.1) is 0 Å². The first kappa shape index (κ1) is 19.5. The molecule has 140 valence electrons. The predicted octanol–water partition coefficient (Wildman–Crippen LogP) is 3.48. The molecular weight excluding hydrogens is 342 g/mol. The van der Waals surface area contributed by atoms with Crippen molar-refractivity contribution in [3.05, 3.63) is 12.2 Å². The number of ether oxygens (including phenoxy) is 2. The van der Waals surface area contributed by atoms with Crippen molar-refractivity contribution in [1.82, 2.24) is 0 Å². The smallest absolute Gasteiger partial charge is 0.379 e. The molecule has 0 aliphatic heterocycles. The van der Waals surface area contributed by atoms with E-state index in [1.807, 2.05) is 0 Å². The van der Waals surface area contributed by atoms with Crippen molar-refractivity contribution in [2.45, 2.75) is 37.2 Å². The third-order valence-corrected chi connectivity index (χ3v) is 4.67. The first-order valence-corrected chi connectivity index (χ1v) is 7.74. The van der Waals surface area contributed by atoms with Crippen molar-refractivity contribution < 1.29 is 40.9 Å². The van der Waals surface area contributed by atoms with E-state index >= 15 is 0 Å². The molecule has 0 aromatic carbocycles. The number of hydrogen-bond donors (Lipinski definition) is 1. The zero-order chi connectivity index (χ0) is 18.0. The highest BCUT2D eigenvalue weighted by Gasteiger charge is 2.69. The lowest BCUT2D eigenvalue weighted by molar-refractivity contribution is -0.371. The molecular formula is C15H20F6O3. The second-order valence-electron chi connectivity index (χ2n) is 6.33. The molecule has 1 saturated carbocycles. The van der Waals surface area contributed by atoms with Gasteiger partial charge in [0.25, 0.3) is 5.60 Å². The molecule has 3 atom stereocenters. The first-order valence-electron chi connectivity index (χ1n) is 7.74. The molecule has 9 heteroatoms. The lowest BCUT2D eigenvalue weighted by Crippen LogP contribution is -2.57. The van der Waals surface area contributed by atoms with Gasteiger partial charge in [-0.3, -0.25) is 0 Å². The SMILES string of the molecule is OC(CCOCCOCC1CC2C=CC1C2)(C(F)(F)F)C(F)(F)F. The third-order valence-electron chi connectivity index (χ3n) is 4.67. The van der Waals surface area contributed by atoms with Crippen LogP contribution >= 0.6 is 0 Å². The van der Waals surface area contributed by atoms with E-state index in [1.165, 1.54) is 0 Å². The van der Waals surface area contributed by atoms with Crippen LogP contribution in [-0.4, -0.2) is 49.5 Å². The average molecular weight is 362 g/mol. The summed E-state index contributed by atoms with van der Waals surface area (Å²) in [6.07, 6.45) is -6.69. The number of hydrogen-bond acceptors (Lipinski definition) is 3. The molecule has 0 aromatic rings. The van der Waals surface area contributed by atoms with Gasteiger partial charge in [0.15, 0.2) is 0 Å². The van der Waals surface area contributed by atoms with Crippen LogP contribution in [0, 0.1) is 17.8 Å². The maximum atomic E-state index is 12.4. The van der Waals surface area contributed by atoms with Crippen LogP contribution in [0.3, 0.4) is 0 Å². The van der Waals surface area contributed by atoms with Crippen LogP contribution in [0.1, 0.15) is 19.3 Å². The van der Waals surface area contributed by atoms with Crippen molar-refractivity contribution in [3.63, 3.8) is 0 Å². The Labute approximate surface area is 135 Å². The van der Waals surface area contributed by atoms with E-state index < -0.39 is 31.0 Å². The van der Waals surface area contributed by atoms with Crippen LogP contribution in [0.25, 0.3) is 0 Å². The molecule has 3 nitrogen and oxygen atoms in total. The summed E-state index contributed by atoms with van der Waals surface area (Å²) in [5.41, 5.74) is -4.75. The molecule has 3 unspecified atom stereocenters.